The minimum Gasteiger partial charge on any atom is -0.508 e. The van der Waals surface area contributed by atoms with Gasteiger partial charge in [-0.1, -0.05) is 72.8 Å². The third-order valence-corrected chi connectivity index (χ3v) is 5.11. The highest BCUT2D eigenvalue weighted by atomic mass is 16.3. The molecule has 0 bridgehead atoms. The second kappa shape index (κ2) is 7.16. The summed E-state index contributed by atoms with van der Waals surface area (Å²) in [4.78, 5) is 2.09. The Kier molecular flexibility index (Phi) is 4.55. The molecule has 4 aromatic rings. The number of phenols is 1. The molecule has 0 aromatic heterocycles. The highest BCUT2D eigenvalue weighted by Crippen LogP contribution is 2.41. The average Bonchev–Trinajstić information content (AvgIpc) is 2.71. The number of benzene rings is 4. The van der Waals surface area contributed by atoms with Crippen LogP contribution in [0.1, 0.15) is 22.6 Å². The Morgan fingerprint density at radius 2 is 1.30 bits per heavy atom. The summed E-state index contributed by atoms with van der Waals surface area (Å²) in [5.74, 6) is 0.299. The molecule has 0 aliphatic heterocycles. The van der Waals surface area contributed by atoms with Gasteiger partial charge in [0, 0.05) is 31.3 Å². The molecule has 1 unspecified atom stereocenters. The Balaban J connectivity index is 1.96. The number of rotatable bonds is 4. The van der Waals surface area contributed by atoms with Crippen LogP contribution in [0.3, 0.4) is 0 Å². The van der Waals surface area contributed by atoms with Crippen molar-refractivity contribution in [1.29, 1.82) is 0 Å². The predicted octanol–water partition coefficient (Wildman–Crippen LogP) is 5.79. The quantitative estimate of drug-likeness (QED) is 0.469. The zero-order chi connectivity index (χ0) is 18.8. The first kappa shape index (κ1) is 17.2. The van der Waals surface area contributed by atoms with Crippen LogP contribution in [-0.4, -0.2) is 19.2 Å². The number of phenolic OH excluding ortho intramolecular Hbond substituents is 1. The van der Waals surface area contributed by atoms with Gasteiger partial charge < -0.3 is 10.0 Å². The Morgan fingerprint density at radius 3 is 2.00 bits per heavy atom. The lowest BCUT2D eigenvalue weighted by atomic mass is 9.82. The zero-order valence-corrected chi connectivity index (χ0v) is 15.6. The van der Waals surface area contributed by atoms with Crippen LogP contribution in [0.15, 0.2) is 91.0 Å². The van der Waals surface area contributed by atoms with Crippen LogP contribution in [0.2, 0.25) is 0 Å². The molecule has 0 amide bonds. The molecule has 4 aromatic carbocycles. The van der Waals surface area contributed by atoms with Crippen LogP contribution in [0.25, 0.3) is 10.8 Å². The largest absolute Gasteiger partial charge is 0.508 e. The number of anilines is 1. The Hall–Kier alpha value is -3.26. The smallest absolute Gasteiger partial charge is 0.120 e. The second-order valence-electron chi connectivity index (χ2n) is 7.05. The molecule has 2 heteroatoms. The first-order valence-electron chi connectivity index (χ1n) is 9.18. The van der Waals surface area contributed by atoms with Gasteiger partial charge >= 0.3 is 0 Å². The van der Waals surface area contributed by atoms with E-state index in [-0.39, 0.29) is 5.92 Å². The van der Waals surface area contributed by atoms with Crippen molar-refractivity contribution in [3.8, 4) is 5.75 Å². The number of aromatic hydroxyl groups is 1. The van der Waals surface area contributed by atoms with Gasteiger partial charge in [-0.25, -0.2) is 0 Å². The summed E-state index contributed by atoms with van der Waals surface area (Å²) in [7, 11) is 4.08. The molecule has 0 saturated carbocycles. The molecule has 1 atom stereocenters. The maximum absolute atomic E-state index is 10.8. The summed E-state index contributed by atoms with van der Waals surface area (Å²) < 4.78 is 0. The van der Waals surface area contributed by atoms with Crippen molar-refractivity contribution >= 4 is 16.5 Å². The number of hydrogen-bond donors (Lipinski definition) is 1. The maximum Gasteiger partial charge on any atom is 0.120 e. The summed E-state index contributed by atoms with van der Waals surface area (Å²) in [6, 6.07) is 31.0. The van der Waals surface area contributed by atoms with Gasteiger partial charge in [0.25, 0.3) is 0 Å². The molecule has 2 nitrogen and oxygen atoms in total. The topological polar surface area (TPSA) is 23.5 Å². The fourth-order valence-electron chi connectivity index (χ4n) is 3.72. The van der Waals surface area contributed by atoms with Crippen molar-refractivity contribution in [1.82, 2.24) is 0 Å². The van der Waals surface area contributed by atoms with Crippen molar-refractivity contribution in [2.75, 3.05) is 19.0 Å². The van der Waals surface area contributed by atoms with E-state index in [4.69, 9.17) is 0 Å². The van der Waals surface area contributed by atoms with E-state index in [0.29, 0.717) is 5.75 Å². The van der Waals surface area contributed by atoms with E-state index in [9.17, 15) is 5.11 Å². The van der Waals surface area contributed by atoms with Gasteiger partial charge in [0.05, 0.1) is 0 Å². The minimum atomic E-state index is -0.0338. The fourth-order valence-corrected chi connectivity index (χ4v) is 3.72. The van der Waals surface area contributed by atoms with Crippen LogP contribution < -0.4 is 4.90 Å². The van der Waals surface area contributed by atoms with Crippen LogP contribution in [0, 0.1) is 0 Å². The molecular formula is C25H23NO. The lowest BCUT2D eigenvalue weighted by Crippen LogP contribution is -2.09. The third kappa shape index (κ3) is 3.26. The molecule has 0 saturated heterocycles. The summed E-state index contributed by atoms with van der Waals surface area (Å²) in [5, 5.41) is 13.1. The van der Waals surface area contributed by atoms with Gasteiger partial charge in [0.15, 0.2) is 0 Å². The molecule has 0 heterocycles. The molecule has 0 aliphatic carbocycles. The normalized spacial score (nSPS) is 12.1. The van der Waals surface area contributed by atoms with Gasteiger partial charge in [0.2, 0.25) is 0 Å². The van der Waals surface area contributed by atoms with Crippen molar-refractivity contribution in [3.05, 3.63) is 108 Å². The lowest BCUT2D eigenvalue weighted by Gasteiger charge is -2.23. The molecule has 27 heavy (non-hydrogen) atoms. The number of hydrogen-bond acceptors (Lipinski definition) is 2. The monoisotopic (exact) mass is 353 g/mol. The first-order chi connectivity index (χ1) is 13.1. The maximum atomic E-state index is 10.8. The Bertz CT molecular complexity index is 1050. The molecule has 0 radical (unpaired) electrons. The zero-order valence-electron chi connectivity index (χ0n) is 15.6. The summed E-state index contributed by atoms with van der Waals surface area (Å²) in [6.45, 7) is 0. The predicted molar refractivity (Wildman–Crippen MR) is 114 cm³/mol. The second-order valence-corrected chi connectivity index (χ2v) is 7.05. The summed E-state index contributed by atoms with van der Waals surface area (Å²) in [6.07, 6.45) is 0. The standard InChI is InChI=1S/C25H23NO/c1-26(2)21-15-12-20(13-16-21)24(19-9-4-3-5-10-19)25-22-11-7-6-8-18(22)14-17-23(25)27/h3-17,24,27H,1-2H3. The van der Waals surface area contributed by atoms with Gasteiger partial charge in [0.1, 0.15) is 5.75 Å². The van der Waals surface area contributed by atoms with Crippen molar-refractivity contribution in [2.45, 2.75) is 5.92 Å². The average molecular weight is 353 g/mol. The summed E-state index contributed by atoms with van der Waals surface area (Å²) >= 11 is 0. The van der Waals surface area contributed by atoms with Gasteiger partial charge in [-0.05, 0) is 40.1 Å². The Labute approximate surface area is 160 Å². The lowest BCUT2D eigenvalue weighted by molar-refractivity contribution is 0.468. The molecule has 1 N–H and O–H groups in total. The van der Waals surface area contributed by atoms with E-state index in [0.717, 1.165) is 22.0 Å². The number of nitrogens with zero attached hydrogens (tertiary/aromatic N) is 1. The van der Waals surface area contributed by atoms with Crippen molar-refractivity contribution in [3.63, 3.8) is 0 Å². The van der Waals surface area contributed by atoms with E-state index >= 15 is 0 Å². The highest BCUT2D eigenvalue weighted by molar-refractivity contribution is 5.89. The molecule has 4 rings (SSSR count). The van der Waals surface area contributed by atoms with E-state index in [1.165, 1.54) is 11.1 Å². The van der Waals surface area contributed by atoms with Crippen LogP contribution >= 0.6 is 0 Å². The van der Waals surface area contributed by atoms with Crippen molar-refractivity contribution in [2.24, 2.45) is 0 Å². The molecular weight excluding hydrogens is 330 g/mol. The van der Waals surface area contributed by atoms with Crippen molar-refractivity contribution < 1.29 is 5.11 Å². The van der Waals surface area contributed by atoms with E-state index in [1.807, 2.05) is 44.4 Å². The molecule has 0 aliphatic rings. The van der Waals surface area contributed by atoms with E-state index < -0.39 is 0 Å². The van der Waals surface area contributed by atoms with Gasteiger partial charge in [-0.2, -0.15) is 0 Å². The van der Waals surface area contributed by atoms with Gasteiger partial charge in [-0.15, -0.1) is 0 Å². The van der Waals surface area contributed by atoms with Crippen LogP contribution in [0.5, 0.6) is 5.75 Å². The van der Waals surface area contributed by atoms with Crippen LogP contribution in [-0.2, 0) is 0 Å². The minimum absolute atomic E-state index is 0.0338. The Morgan fingerprint density at radius 1 is 0.667 bits per heavy atom. The first-order valence-corrected chi connectivity index (χ1v) is 9.18. The number of fused-ring (bicyclic) bond motifs is 1. The molecule has 134 valence electrons. The highest BCUT2D eigenvalue weighted by Gasteiger charge is 2.22. The fraction of sp³-hybridized carbons (Fsp3) is 0.120. The molecule has 0 fully saturated rings. The molecule has 0 spiro atoms. The third-order valence-electron chi connectivity index (χ3n) is 5.11. The van der Waals surface area contributed by atoms with Crippen LogP contribution in [0.4, 0.5) is 5.69 Å². The van der Waals surface area contributed by atoms with Gasteiger partial charge in [-0.3, -0.25) is 0 Å². The van der Waals surface area contributed by atoms with E-state index in [1.54, 1.807) is 0 Å². The van der Waals surface area contributed by atoms with E-state index in [2.05, 4.69) is 65.6 Å². The SMILES string of the molecule is CN(C)c1ccc(C(c2ccccc2)c2c(O)ccc3ccccc23)cc1. The summed E-state index contributed by atoms with van der Waals surface area (Å²) in [5.41, 5.74) is 4.45.